The Morgan fingerprint density at radius 2 is 2.38 bits per heavy atom. The van der Waals surface area contributed by atoms with Crippen LogP contribution >= 0.6 is 0 Å². The average Bonchev–Trinajstić information content (AvgIpc) is 2.52. The molecule has 0 aromatic carbocycles. The Kier molecular flexibility index (Phi) is 3.96. The lowest BCUT2D eigenvalue weighted by Gasteiger charge is -2.11. The fourth-order valence-electron chi connectivity index (χ4n) is 1.52. The van der Waals surface area contributed by atoms with Gasteiger partial charge in [0.2, 0.25) is 5.91 Å². The van der Waals surface area contributed by atoms with Crippen molar-refractivity contribution in [1.82, 2.24) is 5.32 Å². The molecule has 13 heavy (non-hydrogen) atoms. The summed E-state index contributed by atoms with van der Waals surface area (Å²) < 4.78 is 0. The zero-order valence-corrected chi connectivity index (χ0v) is 7.99. The first-order chi connectivity index (χ1) is 6.26. The molecular formula is C10H17NO2. The van der Waals surface area contributed by atoms with Gasteiger partial charge in [-0.1, -0.05) is 19.1 Å². The maximum atomic E-state index is 11.2. The van der Waals surface area contributed by atoms with Crippen molar-refractivity contribution in [2.75, 3.05) is 6.61 Å². The molecule has 3 nitrogen and oxygen atoms in total. The third-order valence-electron chi connectivity index (χ3n) is 2.23. The largest absolute Gasteiger partial charge is 0.396 e. The normalized spacial score (nSPS) is 26.3. The second-order valence-corrected chi connectivity index (χ2v) is 3.49. The Hall–Kier alpha value is -0.830. The van der Waals surface area contributed by atoms with Crippen LogP contribution in [0.4, 0.5) is 0 Å². The molecule has 0 bridgehead atoms. The first kappa shape index (κ1) is 10.3. The van der Waals surface area contributed by atoms with Gasteiger partial charge < -0.3 is 10.4 Å². The van der Waals surface area contributed by atoms with Gasteiger partial charge in [0.05, 0.1) is 0 Å². The molecule has 2 N–H and O–H groups in total. The van der Waals surface area contributed by atoms with Crippen LogP contribution in [0.3, 0.4) is 0 Å². The summed E-state index contributed by atoms with van der Waals surface area (Å²) in [5, 5.41) is 11.8. The second-order valence-electron chi connectivity index (χ2n) is 3.49. The van der Waals surface area contributed by atoms with Crippen LogP contribution in [-0.4, -0.2) is 23.7 Å². The number of nitrogens with one attached hydrogen (secondary N) is 1. The molecule has 0 unspecified atom stereocenters. The zero-order chi connectivity index (χ0) is 9.68. The molecule has 1 rings (SSSR count). The summed E-state index contributed by atoms with van der Waals surface area (Å²) in [7, 11) is 0. The summed E-state index contributed by atoms with van der Waals surface area (Å²) >= 11 is 0. The Labute approximate surface area is 78.8 Å². The van der Waals surface area contributed by atoms with Gasteiger partial charge in [-0.25, -0.2) is 0 Å². The summed E-state index contributed by atoms with van der Waals surface area (Å²) in [4.78, 5) is 11.2. The van der Waals surface area contributed by atoms with Crippen LogP contribution in [0.15, 0.2) is 12.2 Å². The van der Waals surface area contributed by atoms with Gasteiger partial charge in [-0.2, -0.15) is 0 Å². The predicted molar refractivity (Wildman–Crippen MR) is 51.2 cm³/mol. The molecule has 74 valence electrons. The number of carbonyl (C=O) groups excluding carboxylic acids is 1. The zero-order valence-electron chi connectivity index (χ0n) is 7.99. The highest BCUT2D eigenvalue weighted by atomic mass is 16.3. The molecule has 2 atom stereocenters. The van der Waals surface area contributed by atoms with Crippen LogP contribution < -0.4 is 5.32 Å². The number of rotatable bonds is 4. The van der Waals surface area contributed by atoms with Gasteiger partial charge in [-0.05, 0) is 12.8 Å². The average molecular weight is 183 g/mol. The number of carbonyl (C=O) groups is 1. The van der Waals surface area contributed by atoms with E-state index in [1.54, 1.807) is 0 Å². The number of hydrogen-bond acceptors (Lipinski definition) is 2. The molecule has 0 radical (unpaired) electrons. The summed E-state index contributed by atoms with van der Waals surface area (Å²) in [6.07, 6.45) is 6.25. The standard InChI is InChI=1S/C10H17NO2/c1-2-3-10(13)11-9-5-4-8(6-9)7-12/h4-5,8-9,12H,2-3,6-7H2,1H3,(H,11,13)/t8-,9+/m0/s1. The minimum Gasteiger partial charge on any atom is -0.396 e. The summed E-state index contributed by atoms with van der Waals surface area (Å²) in [5.74, 6) is 0.336. The lowest BCUT2D eigenvalue weighted by Crippen LogP contribution is -2.32. The van der Waals surface area contributed by atoms with Gasteiger partial charge in [0.1, 0.15) is 0 Å². The Bertz CT molecular complexity index is 201. The van der Waals surface area contributed by atoms with E-state index in [9.17, 15) is 4.79 Å². The first-order valence-electron chi connectivity index (χ1n) is 4.84. The van der Waals surface area contributed by atoms with Gasteiger partial charge >= 0.3 is 0 Å². The lowest BCUT2D eigenvalue weighted by molar-refractivity contribution is -0.121. The van der Waals surface area contributed by atoms with Crippen LogP contribution in [0.2, 0.25) is 0 Å². The van der Waals surface area contributed by atoms with Crippen molar-refractivity contribution in [3.8, 4) is 0 Å². The molecular weight excluding hydrogens is 166 g/mol. The highest BCUT2D eigenvalue weighted by Gasteiger charge is 2.18. The van der Waals surface area contributed by atoms with Crippen molar-refractivity contribution in [3.63, 3.8) is 0 Å². The fourth-order valence-corrected chi connectivity index (χ4v) is 1.52. The topological polar surface area (TPSA) is 49.3 Å². The number of amides is 1. The van der Waals surface area contributed by atoms with E-state index < -0.39 is 0 Å². The Morgan fingerprint density at radius 1 is 1.62 bits per heavy atom. The Balaban J connectivity index is 2.25. The first-order valence-corrected chi connectivity index (χ1v) is 4.84. The van der Waals surface area contributed by atoms with Gasteiger partial charge in [-0.15, -0.1) is 0 Å². The third-order valence-corrected chi connectivity index (χ3v) is 2.23. The monoisotopic (exact) mass is 183 g/mol. The van der Waals surface area contributed by atoms with Crippen LogP contribution in [0, 0.1) is 5.92 Å². The van der Waals surface area contributed by atoms with Gasteiger partial charge in [0.25, 0.3) is 0 Å². The van der Waals surface area contributed by atoms with Crippen molar-refractivity contribution < 1.29 is 9.90 Å². The quantitative estimate of drug-likeness (QED) is 0.634. The molecule has 0 aromatic rings. The van der Waals surface area contributed by atoms with E-state index in [1.165, 1.54) is 0 Å². The van der Waals surface area contributed by atoms with E-state index >= 15 is 0 Å². The SMILES string of the molecule is CCCC(=O)N[C@@H]1C=C[C@H](CO)C1. The molecule has 1 aliphatic rings. The fraction of sp³-hybridized carbons (Fsp3) is 0.700. The maximum Gasteiger partial charge on any atom is 0.220 e. The van der Waals surface area contributed by atoms with Gasteiger partial charge in [0.15, 0.2) is 0 Å². The predicted octanol–water partition coefficient (Wildman–Crippen LogP) is 0.840. The van der Waals surface area contributed by atoms with Crippen molar-refractivity contribution in [2.45, 2.75) is 32.2 Å². The van der Waals surface area contributed by atoms with Crippen molar-refractivity contribution in [3.05, 3.63) is 12.2 Å². The molecule has 0 saturated carbocycles. The number of aliphatic hydroxyl groups excluding tert-OH is 1. The van der Waals surface area contributed by atoms with Crippen LogP contribution in [-0.2, 0) is 4.79 Å². The number of hydrogen-bond donors (Lipinski definition) is 2. The molecule has 3 heteroatoms. The molecule has 1 amide bonds. The minimum atomic E-state index is 0.107. The van der Waals surface area contributed by atoms with Crippen molar-refractivity contribution >= 4 is 5.91 Å². The highest BCUT2D eigenvalue weighted by molar-refractivity contribution is 5.76. The molecule has 0 aliphatic heterocycles. The molecule has 0 saturated heterocycles. The molecule has 1 aliphatic carbocycles. The molecule has 0 heterocycles. The summed E-state index contributed by atoms with van der Waals surface area (Å²) in [5.41, 5.74) is 0. The Morgan fingerprint density at radius 3 is 2.92 bits per heavy atom. The van der Waals surface area contributed by atoms with Crippen molar-refractivity contribution in [2.24, 2.45) is 5.92 Å². The van der Waals surface area contributed by atoms with E-state index in [0.717, 1.165) is 12.8 Å². The molecule has 0 aromatic heterocycles. The van der Waals surface area contributed by atoms with E-state index in [0.29, 0.717) is 6.42 Å². The van der Waals surface area contributed by atoms with E-state index in [4.69, 9.17) is 5.11 Å². The second kappa shape index (κ2) is 5.02. The molecule has 0 fully saturated rings. The van der Waals surface area contributed by atoms with Crippen molar-refractivity contribution in [1.29, 1.82) is 0 Å². The van der Waals surface area contributed by atoms with Crippen LogP contribution in [0.5, 0.6) is 0 Å². The highest BCUT2D eigenvalue weighted by Crippen LogP contribution is 2.16. The third kappa shape index (κ3) is 3.19. The maximum absolute atomic E-state index is 11.2. The van der Waals surface area contributed by atoms with Crippen LogP contribution in [0.1, 0.15) is 26.2 Å². The summed E-state index contributed by atoms with van der Waals surface area (Å²) in [6.45, 7) is 2.16. The van der Waals surface area contributed by atoms with Crippen LogP contribution in [0.25, 0.3) is 0 Å². The van der Waals surface area contributed by atoms with Gasteiger partial charge in [0, 0.05) is 25.0 Å². The minimum absolute atomic E-state index is 0.107. The van der Waals surface area contributed by atoms with E-state index in [2.05, 4.69) is 5.32 Å². The smallest absolute Gasteiger partial charge is 0.220 e. The van der Waals surface area contributed by atoms with E-state index in [1.807, 2.05) is 19.1 Å². The number of aliphatic hydroxyl groups is 1. The lowest BCUT2D eigenvalue weighted by atomic mass is 10.1. The van der Waals surface area contributed by atoms with E-state index in [-0.39, 0.29) is 24.5 Å². The molecule has 0 spiro atoms. The van der Waals surface area contributed by atoms with Gasteiger partial charge in [-0.3, -0.25) is 4.79 Å². The summed E-state index contributed by atoms with van der Waals surface area (Å²) in [6, 6.07) is 0.135.